The van der Waals surface area contributed by atoms with Crippen molar-refractivity contribution >= 4 is 10.8 Å². The van der Waals surface area contributed by atoms with E-state index >= 15 is 0 Å². The molecule has 0 fully saturated rings. The molecule has 0 N–H and O–H groups in total. The first-order valence-electron chi connectivity index (χ1n) is 7.96. The first-order chi connectivity index (χ1) is 11.1. The molecule has 2 heteroatoms. The van der Waals surface area contributed by atoms with Crippen molar-refractivity contribution in [3.63, 3.8) is 0 Å². The molecule has 0 atom stereocenters. The maximum Gasteiger partial charge on any atom is 0.0896 e. The minimum Gasteiger partial charge on any atom is -0.496 e. The number of rotatable bonds is 2. The third-order valence-electron chi connectivity index (χ3n) is 4.46. The fourth-order valence-corrected chi connectivity index (χ4v) is 3.23. The molecule has 0 spiro atoms. The Morgan fingerprint density at radius 1 is 0.833 bits per heavy atom. The maximum atomic E-state index is 5.79. The van der Waals surface area contributed by atoms with Crippen molar-refractivity contribution in [3.8, 4) is 22.5 Å². The van der Waals surface area contributed by atoms with Gasteiger partial charge in [0.15, 0.2) is 0 Å². The molecule has 0 saturated carbocycles. The van der Waals surface area contributed by atoms with Crippen LogP contribution in [0.3, 0.4) is 0 Å². The van der Waals surface area contributed by atoms with Gasteiger partial charge in [0.25, 0.3) is 0 Å². The molecule has 4 aromatic rings. The summed E-state index contributed by atoms with van der Waals surface area (Å²) in [5.74, 6) is 1.88. The van der Waals surface area contributed by atoms with E-state index in [9.17, 15) is 0 Å². The Kier molecular flexibility index (Phi) is 4.70. The number of hydrogen-bond acceptors (Lipinski definition) is 1. The van der Waals surface area contributed by atoms with Gasteiger partial charge in [0.2, 0.25) is 0 Å². The maximum absolute atomic E-state index is 5.79. The third-order valence-corrected chi connectivity index (χ3v) is 4.46. The second-order valence-corrected chi connectivity index (χ2v) is 6.28. The van der Waals surface area contributed by atoms with Crippen molar-refractivity contribution in [2.24, 2.45) is 0 Å². The zero-order valence-corrected chi connectivity index (χ0v) is 16.6. The molecule has 0 amide bonds. The first kappa shape index (κ1) is 17.0. The molecule has 118 valence electrons. The average Bonchev–Trinajstić information content (AvgIpc) is 3.14. The zero-order valence-electron chi connectivity index (χ0n) is 14.2. The number of hydrogen-bond donors (Lipinski definition) is 0. The van der Waals surface area contributed by atoms with E-state index in [0.29, 0.717) is 0 Å². The molecule has 0 unspecified atom stereocenters. The van der Waals surface area contributed by atoms with E-state index in [1.165, 1.54) is 33.0 Å². The summed E-state index contributed by atoms with van der Waals surface area (Å²) in [6.07, 6.45) is 0. The summed E-state index contributed by atoms with van der Waals surface area (Å²) in [4.78, 5) is 0. The zero-order chi connectivity index (χ0) is 16.0. The first-order valence-corrected chi connectivity index (χ1v) is 7.96. The van der Waals surface area contributed by atoms with E-state index in [2.05, 4.69) is 62.4 Å². The predicted molar refractivity (Wildman–Crippen MR) is 96.9 cm³/mol. The van der Waals surface area contributed by atoms with Crippen molar-refractivity contribution in [1.82, 2.24) is 0 Å². The Balaban J connectivity index is 0.00000169. The van der Waals surface area contributed by atoms with Crippen LogP contribution in [0.25, 0.3) is 33.2 Å². The fraction of sp³-hybridized carbons (Fsp3) is 0.136. The molecule has 0 aliphatic rings. The van der Waals surface area contributed by atoms with Crippen molar-refractivity contribution < 1.29 is 30.6 Å². The van der Waals surface area contributed by atoms with Gasteiger partial charge >= 0.3 is 0 Å². The smallest absolute Gasteiger partial charge is 0.0896 e. The summed E-state index contributed by atoms with van der Waals surface area (Å²) in [7, 11) is 0. The summed E-state index contributed by atoms with van der Waals surface area (Å²) in [6.45, 7) is 6.28. The quantitative estimate of drug-likeness (QED) is 0.361. The van der Waals surface area contributed by atoms with Gasteiger partial charge in [-0.1, -0.05) is 47.0 Å². The molecule has 1 aromatic heterocycles. The second kappa shape index (κ2) is 6.61. The van der Waals surface area contributed by atoms with Crippen LogP contribution in [0.15, 0.2) is 65.1 Å². The molecule has 3 aromatic carbocycles. The van der Waals surface area contributed by atoms with Crippen molar-refractivity contribution in [1.29, 1.82) is 0 Å². The van der Waals surface area contributed by atoms with E-state index in [0.717, 1.165) is 17.1 Å². The summed E-state index contributed by atoms with van der Waals surface area (Å²) in [5, 5.41) is 2.55. The van der Waals surface area contributed by atoms with E-state index < -0.39 is 0 Å². The van der Waals surface area contributed by atoms with Crippen molar-refractivity contribution in [2.75, 3.05) is 0 Å². The van der Waals surface area contributed by atoms with Gasteiger partial charge in [-0.3, -0.25) is 0 Å². The van der Waals surface area contributed by atoms with Gasteiger partial charge in [0.05, 0.1) is 11.5 Å². The Hall–Kier alpha value is -1.79. The number of aryl methyl sites for hydroxylation is 3. The Morgan fingerprint density at radius 2 is 1.58 bits per heavy atom. The molecule has 0 bridgehead atoms. The van der Waals surface area contributed by atoms with Crippen LogP contribution in [-0.4, -0.2) is 0 Å². The van der Waals surface area contributed by atoms with Crippen LogP contribution in [0.1, 0.15) is 16.9 Å². The standard InChI is InChI=1S/C22H19O.Zr/c1-14-4-8-17(9-5-14)22-15(2)6-10-18-12-19(13-20(18)22)21-11-7-16(3)23-21;/h4-13H,1-3H3;/q-1;. The number of fused-ring (bicyclic) bond motifs is 1. The second-order valence-electron chi connectivity index (χ2n) is 6.28. The average molecular weight is 391 g/mol. The van der Waals surface area contributed by atoms with Gasteiger partial charge < -0.3 is 4.42 Å². The summed E-state index contributed by atoms with van der Waals surface area (Å²) in [6, 6.07) is 21.7. The molecule has 4 rings (SSSR count). The minimum atomic E-state index is 0. The molecular formula is C22H19OZr-. The summed E-state index contributed by atoms with van der Waals surface area (Å²) >= 11 is 0. The molecular weight excluding hydrogens is 371 g/mol. The van der Waals surface area contributed by atoms with Crippen LogP contribution in [0.5, 0.6) is 0 Å². The SMILES string of the molecule is Cc1ccc(-c2c(C)ccc3[cH-]c(-c4ccc(C)o4)cc23)cc1.[Zr]. The van der Waals surface area contributed by atoms with E-state index in [1.54, 1.807) is 0 Å². The number of benzene rings is 2. The summed E-state index contributed by atoms with van der Waals surface area (Å²) < 4.78 is 5.79. The van der Waals surface area contributed by atoms with Gasteiger partial charge in [0.1, 0.15) is 0 Å². The van der Waals surface area contributed by atoms with Crippen LogP contribution in [0, 0.1) is 20.8 Å². The minimum absolute atomic E-state index is 0. The third kappa shape index (κ3) is 2.96. The van der Waals surface area contributed by atoms with Crippen molar-refractivity contribution in [2.45, 2.75) is 20.8 Å². The molecule has 0 saturated heterocycles. The molecule has 1 heterocycles. The molecule has 0 aliphatic heterocycles. The Labute approximate surface area is 161 Å². The topological polar surface area (TPSA) is 13.1 Å². The van der Waals surface area contributed by atoms with Crippen LogP contribution < -0.4 is 0 Å². The Morgan fingerprint density at radius 3 is 2.25 bits per heavy atom. The number of furan rings is 1. The molecule has 0 radical (unpaired) electrons. The monoisotopic (exact) mass is 389 g/mol. The predicted octanol–water partition coefficient (Wildman–Crippen LogP) is 6.41. The van der Waals surface area contributed by atoms with Gasteiger partial charge in [-0.2, -0.15) is 0 Å². The van der Waals surface area contributed by atoms with Crippen LogP contribution >= 0.6 is 0 Å². The van der Waals surface area contributed by atoms with Gasteiger partial charge in [-0.25, -0.2) is 0 Å². The largest absolute Gasteiger partial charge is 0.496 e. The van der Waals surface area contributed by atoms with E-state index in [4.69, 9.17) is 4.42 Å². The molecule has 24 heavy (non-hydrogen) atoms. The van der Waals surface area contributed by atoms with Gasteiger partial charge in [0, 0.05) is 26.2 Å². The normalized spacial score (nSPS) is 10.8. The fourth-order valence-electron chi connectivity index (χ4n) is 3.23. The van der Waals surface area contributed by atoms with Crippen molar-refractivity contribution in [3.05, 3.63) is 77.6 Å². The van der Waals surface area contributed by atoms with Crippen LogP contribution in [0.4, 0.5) is 0 Å². The molecule has 1 nitrogen and oxygen atoms in total. The summed E-state index contributed by atoms with van der Waals surface area (Å²) in [5.41, 5.74) is 6.32. The van der Waals surface area contributed by atoms with E-state index in [1.807, 2.05) is 19.1 Å². The van der Waals surface area contributed by atoms with Gasteiger partial charge in [-0.05, 0) is 44.0 Å². The molecule has 0 aliphatic carbocycles. The Bertz CT molecular complexity index is 987. The van der Waals surface area contributed by atoms with Crippen LogP contribution in [-0.2, 0) is 26.2 Å². The van der Waals surface area contributed by atoms with Gasteiger partial charge in [-0.15, -0.1) is 29.0 Å². The van der Waals surface area contributed by atoms with Crippen LogP contribution in [0.2, 0.25) is 0 Å². The van der Waals surface area contributed by atoms with E-state index in [-0.39, 0.29) is 26.2 Å².